The second-order valence-electron chi connectivity index (χ2n) is 5.25. The Kier molecular flexibility index (Phi) is 6.48. The van der Waals surface area contributed by atoms with Crippen molar-refractivity contribution in [3.63, 3.8) is 0 Å². The largest absolute Gasteiger partial charge is 0.494 e. The Hall–Kier alpha value is -2.49. The van der Waals surface area contributed by atoms with Crippen LogP contribution in [0.5, 0.6) is 11.5 Å². The van der Waals surface area contributed by atoms with Crippen molar-refractivity contribution in [1.29, 1.82) is 0 Å². The van der Waals surface area contributed by atoms with Crippen LogP contribution in [0.1, 0.15) is 25.3 Å². The van der Waals surface area contributed by atoms with Gasteiger partial charge in [0.2, 0.25) is 5.91 Å². The molecule has 0 unspecified atom stereocenters. The first-order chi connectivity index (χ1) is 11.2. The third-order valence-electron chi connectivity index (χ3n) is 3.27. The minimum atomic E-state index is -0.0370. The Morgan fingerprint density at radius 1 is 1.09 bits per heavy atom. The zero-order valence-electron chi connectivity index (χ0n) is 13.7. The lowest BCUT2D eigenvalue weighted by molar-refractivity contribution is -0.116. The number of anilines is 1. The lowest BCUT2D eigenvalue weighted by atomic mass is 10.2. The Balaban J connectivity index is 1.75. The number of aryl methyl sites for hydroxylation is 1. The standard InChI is InChI=1S/C19H23NO3/c1-3-22-18-11-5-4-10-17(18)20-19(21)12-7-13-23-16-9-6-8-15(2)14-16/h4-6,8-11,14H,3,7,12-13H2,1-2H3,(H,20,21). The minimum absolute atomic E-state index is 0.0370. The molecule has 122 valence electrons. The summed E-state index contributed by atoms with van der Waals surface area (Å²) < 4.78 is 11.1. The first-order valence-corrected chi connectivity index (χ1v) is 7.90. The smallest absolute Gasteiger partial charge is 0.224 e. The molecule has 0 atom stereocenters. The second kappa shape index (κ2) is 8.83. The van der Waals surface area contributed by atoms with Gasteiger partial charge in [0.25, 0.3) is 0 Å². The molecule has 2 aromatic rings. The highest BCUT2D eigenvalue weighted by Gasteiger charge is 2.07. The number of hydrogen-bond acceptors (Lipinski definition) is 3. The number of para-hydroxylation sites is 2. The molecule has 0 saturated heterocycles. The van der Waals surface area contributed by atoms with Gasteiger partial charge in [0.1, 0.15) is 11.5 Å². The Morgan fingerprint density at radius 2 is 1.91 bits per heavy atom. The maximum atomic E-state index is 12.0. The molecule has 2 aromatic carbocycles. The zero-order valence-corrected chi connectivity index (χ0v) is 13.7. The molecular weight excluding hydrogens is 290 g/mol. The summed E-state index contributed by atoms with van der Waals surface area (Å²) in [6.07, 6.45) is 1.07. The van der Waals surface area contributed by atoms with Crippen LogP contribution in [0, 0.1) is 6.92 Å². The average molecular weight is 313 g/mol. The molecule has 0 saturated carbocycles. The van der Waals surface area contributed by atoms with Crippen LogP contribution in [-0.4, -0.2) is 19.1 Å². The van der Waals surface area contributed by atoms with Crippen LogP contribution in [0.25, 0.3) is 0 Å². The molecule has 2 rings (SSSR count). The third-order valence-corrected chi connectivity index (χ3v) is 3.27. The lowest BCUT2D eigenvalue weighted by Crippen LogP contribution is -2.13. The van der Waals surface area contributed by atoms with E-state index >= 15 is 0 Å². The van der Waals surface area contributed by atoms with Crippen molar-refractivity contribution < 1.29 is 14.3 Å². The average Bonchev–Trinajstić information content (AvgIpc) is 2.54. The van der Waals surface area contributed by atoms with Gasteiger partial charge in [-0.05, 0) is 50.1 Å². The monoisotopic (exact) mass is 313 g/mol. The fourth-order valence-electron chi connectivity index (χ4n) is 2.19. The van der Waals surface area contributed by atoms with E-state index in [1.165, 1.54) is 0 Å². The van der Waals surface area contributed by atoms with Crippen molar-refractivity contribution in [3.05, 3.63) is 54.1 Å². The number of hydrogen-bond donors (Lipinski definition) is 1. The van der Waals surface area contributed by atoms with E-state index in [0.29, 0.717) is 37.5 Å². The summed E-state index contributed by atoms with van der Waals surface area (Å²) in [4.78, 5) is 12.0. The minimum Gasteiger partial charge on any atom is -0.494 e. The van der Waals surface area contributed by atoms with Crippen molar-refractivity contribution in [2.45, 2.75) is 26.7 Å². The van der Waals surface area contributed by atoms with Crippen LogP contribution in [-0.2, 0) is 4.79 Å². The highest BCUT2D eigenvalue weighted by molar-refractivity contribution is 5.92. The predicted molar refractivity (Wildman–Crippen MR) is 92.1 cm³/mol. The van der Waals surface area contributed by atoms with Gasteiger partial charge in [-0.15, -0.1) is 0 Å². The van der Waals surface area contributed by atoms with Crippen LogP contribution in [0.15, 0.2) is 48.5 Å². The number of rotatable bonds is 8. The molecule has 1 amide bonds. The molecule has 0 radical (unpaired) electrons. The molecule has 0 aromatic heterocycles. The van der Waals surface area contributed by atoms with E-state index in [1.54, 1.807) is 0 Å². The normalized spacial score (nSPS) is 10.2. The van der Waals surface area contributed by atoms with Crippen molar-refractivity contribution in [3.8, 4) is 11.5 Å². The predicted octanol–water partition coefficient (Wildman–Crippen LogP) is 4.19. The van der Waals surface area contributed by atoms with Gasteiger partial charge < -0.3 is 14.8 Å². The number of benzene rings is 2. The molecular formula is C19H23NO3. The van der Waals surface area contributed by atoms with Crippen LogP contribution in [0.3, 0.4) is 0 Å². The molecule has 0 fully saturated rings. The summed E-state index contributed by atoms with van der Waals surface area (Å²) in [5, 5.41) is 2.88. The van der Waals surface area contributed by atoms with E-state index in [9.17, 15) is 4.79 Å². The lowest BCUT2D eigenvalue weighted by Gasteiger charge is -2.11. The Labute approximate surface area is 137 Å². The molecule has 0 aliphatic heterocycles. The Bertz CT molecular complexity index is 640. The second-order valence-corrected chi connectivity index (χ2v) is 5.25. The first-order valence-electron chi connectivity index (χ1n) is 7.90. The molecule has 4 heteroatoms. The topological polar surface area (TPSA) is 47.6 Å². The van der Waals surface area contributed by atoms with Crippen molar-refractivity contribution in [1.82, 2.24) is 0 Å². The molecule has 0 aliphatic carbocycles. The van der Waals surface area contributed by atoms with Gasteiger partial charge >= 0.3 is 0 Å². The zero-order chi connectivity index (χ0) is 16.5. The molecule has 0 spiro atoms. The summed E-state index contributed by atoms with van der Waals surface area (Å²) in [7, 11) is 0. The summed E-state index contributed by atoms with van der Waals surface area (Å²) in [6.45, 7) is 5.03. The van der Waals surface area contributed by atoms with Crippen molar-refractivity contribution in [2.75, 3.05) is 18.5 Å². The van der Waals surface area contributed by atoms with Crippen molar-refractivity contribution in [2.24, 2.45) is 0 Å². The van der Waals surface area contributed by atoms with Gasteiger partial charge in [-0.2, -0.15) is 0 Å². The van der Waals surface area contributed by atoms with E-state index in [0.717, 1.165) is 11.3 Å². The highest BCUT2D eigenvalue weighted by atomic mass is 16.5. The number of nitrogens with one attached hydrogen (secondary N) is 1. The van der Waals surface area contributed by atoms with Gasteiger partial charge in [0, 0.05) is 6.42 Å². The van der Waals surface area contributed by atoms with Crippen LogP contribution in [0.2, 0.25) is 0 Å². The van der Waals surface area contributed by atoms with Gasteiger partial charge in [-0.1, -0.05) is 24.3 Å². The number of amides is 1. The van der Waals surface area contributed by atoms with E-state index in [-0.39, 0.29) is 5.91 Å². The molecule has 0 heterocycles. The fourth-order valence-corrected chi connectivity index (χ4v) is 2.19. The summed E-state index contributed by atoms with van der Waals surface area (Å²) in [5.41, 5.74) is 1.87. The summed E-state index contributed by atoms with van der Waals surface area (Å²) >= 11 is 0. The van der Waals surface area contributed by atoms with Gasteiger partial charge in [0.05, 0.1) is 18.9 Å². The summed E-state index contributed by atoms with van der Waals surface area (Å²) in [6, 6.07) is 15.3. The fraction of sp³-hybridized carbons (Fsp3) is 0.316. The van der Waals surface area contributed by atoms with Crippen LogP contribution >= 0.6 is 0 Å². The van der Waals surface area contributed by atoms with Crippen molar-refractivity contribution >= 4 is 11.6 Å². The first kappa shape index (κ1) is 16.9. The molecule has 0 aliphatic rings. The van der Waals surface area contributed by atoms with E-state index in [2.05, 4.69) is 5.32 Å². The van der Waals surface area contributed by atoms with E-state index in [4.69, 9.17) is 9.47 Å². The summed E-state index contributed by atoms with van der Waals surface area (Å²) in [5.74, 6) is 1.50. The molecule has 0 bridgehead atoms. The third kappa shape index (κ3) is 5.66. The maximum Gasteiger partial charge on any atom is 0.224 e. The van der Waals surface area contributed by atoms with Gasteiger partial charge in [-0.3, -0.25) is 4.79 Å². The SMILES string of the molecule is CCOc1ccccc1NC(=O)CCCOc1cccc(C)c1. The maximum absolute atomic E-state index is 12.0. The van der Waals surface area contributed by atoms with Crippen LogP contribution < -0.4 is 14.8 Å². The quantitative estimate of drug-likeness (QED) is 0.743. The Morgan fingerprint density at radius 3 is 2.70 bits per heavy atom. The van der Waals surface area contributed by atoms with E-state index < -0.39 is 0 Å². The van der Waals surface area contributed by atoms with E-state index in [1.807, 2.05) is 62.4 Å². The van der Waals surface area contributed by atoms with Gasteiger partial charge in [-0.25, -0.2) is 0 Å². The number of carbonyl (C=O) groups excluding carboxylic acids is 1. The van der Waals surface area contributed by atoms with Gasteiger partial charge in [0.15, 0.2) is 0 Å². The number of ether oxygens (including phenoxy) is 2. The molecule has 1 N–H and O–H groups in total. The molecule has 4 nitrogen and oxygen atoms in total. The molecule has 23 heavy (non-hydrogen) atoms. The highest BCUT2D eigenvalue weighted by Crippen LogP contribution is 2.23. The number of carbonyl (C=O) groups is 1. The van der Waals surface area contributed by atoms with Crippen LogP contribution in [0.4, 0.5) is 5.69 Å².